The number of piperidine rings is 1. The summed E-state index contributed by atoms with van der Waals surface area (Å²) in [6, 6.07) is 9.30. The van der Waals surface area contributed by atoms with Crippen LogP contribution in [0, 0.1) is 0 Å². The number of amides is 1. The van der Waals surface area contributed by atoms with Gasteiger partial charge >= 0.3 is 0 Å². The Morgan fingerprint density at radius 1 is 1.23 bits per heavy atom. The Morgan fingerprint density at radius 2 is 2.08 bits per heavy atom. The van der Waals surface area contributed by atoms with Crippen LogP contribution in [0.5, 0.6) is 5.75 Å². The number of nitrogens with zero attached hydrogens (tertiary/aromatic N) is 7. The van der Waals surface area contributed by atoms with Gasteiger partial charge in [0.1, 0.15) is 23.5 Å². The molecule has 2 aliphatic heterocycles. The summed E-state index contributed by atoms with van der Waals surface area (Å²) in [7, 11) is 3.68. The third kappa shape index (κ3) is 4.97. The van der Waals surface area contributed by atoms with Crippen LogP contribution in [0.4, 0.5) is 17.5 Å². The molecular formula is C28H33N9O3. The van der Waals surface area contributed by atoms with Crippen molar-refractivity contribution < 1.29 is 13.9 Å². The largest absolute Gasteiger partial charge is 0.495 e. The topological polar surface area (TPSA) is 126 Å². The number of anilines is 3. The first-order chi connectivity index (χ1) is 19.5. The van der Waals surface area contributed by atoms with Gasteiger partial charge in [-0.15, -0.1) is 10.2 Å². The third-order valence-corrected chi connectivity index (χ3v) is 7.59. The van der Waals surface area contributed by atoms with Crippen molar-refractivity contribution in [2.24, 2.45) is 0 Å². The molecule has 0 radical (unpaired) electrons. The van der Waals surface area contributed by atoms with Crippen LogP contribution < -0.4 is 20.3 Å². The van der Waals surface area contributed by atoms with E-state index in [0.717, 1.165) is 55.4 Å². The van der Waals surface area contributed by atoms with E-state index < -0.39 is 0 Å². The van der Waals surface area contributed by atoms with Crippen LogP contribution >= 0.6 is 0 Å². The molecule has 4 aromatic rings. The Kier molecular flexibility index (Phi) is 7.08. The molecule has 12 nitrogen and oxygen atoms in total. The van der Waals surface area contributed by atoms with Gasteiger partial charge in [-0.3, -0.25) is 9.36 Å². The Balaban J connectivity index is 1.26. The van der Waals surface area contributed by atoms with Gasteiger partial charge in [-0.2, -0.15) is 4.98 Å². The van der Waals surface area contributed by atoms with Crippen molar-refractivity contribution in [1.82, 2.24) is 34.9 Å². The van der Waals surface area contributed by atoms with Crippen LogP contribution in [0.3, 0.4) is 0 Å². The van der Waals surface area contributed by atoms with Gasteiger partial charge in [-0.05, 0) is 69.7 Å². The van der Waals surface area contributed by atoms with Gasteiger partial charge in [0.15, 0.2) is 11.6 Å². The number of carbonyl (C=O) groups is 1. The molecule has 1 fully saturated rings. The summed E-state index contributed by atoms with van der Waals surface area (Å²) >= 11 is 0. The van der Waals surface area contributed by atoms with Crippen molar-refractivity contribution in [1.29, 1.82) is 0 Å². The molecule has 0 bridgehead atoms. The highest BCUT2D eigenvalue weighted by Gasteiger charge is 2.34. The van der Waals surface area contributed by atoms with Gasteiger partial charge in [0.05, 0.1) is 37.8 Å². The Labute approximate surface area is 232 Å². The van der Waals surface area contributed by atoms with Crippen LogP contribution in [0.1, 0.15) is 54.2 Å². The first-order valence-electron chi connectivity index (χ1n) is 13.5. The number of fused-ring (bicyclic) bond motifs is 3. The quantitative estimate of drug-likeness (QED) is 0.340. The molecule has 1 atom stereocenters. The van der Waals surface area contributed by atoms with Crippen LogP contribution in [-0.4, -0.2) is 68.8 Å². The third-order valence-electron chi connectivity index (χ3n) is 7.59. The van der Waals surface area contributed by atoms with E-state index in [-0.39, 0.29) is 18.0 Å². The normalized spacial score (nSPS) is 17.3. The van der Waals surface area contributed by atoms with E-state index in [9.17, 15) is 4.79 Å². The summed E-state index contributed by atoms with van der Waals surface area (Å²) < 4.78 is 13.2. The number of nitrogens with one attached hydrogen (secondary N) is 2. The van der Waals surface area contributed by atoms with E-state index in [1.54, 1.807) is 38.0 Å². The predicted molar refractivity (Wildman–Crippen MR) is 149 cm³/mol. The van der Waals surface area contributed by atoms with E-state index in [1.807, 2.05) is 22.8 Å². The standard InChI is InChI=1S/C28H33N9O3/c1-4-22-26-34-30-17-37(26)23-15-29-28(33-25(23)36(22)16-20-6-5-13-40-20)32-21-8-7-18(14-24(21)39-3)27(38)31-19-9-11-35(2)12-10-19/h5-8,13-15,17,19,22H,4,9-12,16H2,1-3H3,(H,31,38)(H,29,32,33)/t22-/m1/s1. The number of hydrogen-bond acceptors (Lipinski definition) is 10. The van der Waals surface area contributed by atoms with Gasteiger partial charge in [0, 0.05) is 11.6 Å². The molecular weight excluding hydrogens is 510 g/mol. The monoisotopic (exact) mass is 543 g/mol. The van der Waals surface area contributed by atoms with E-state index >= 15 is 0 Å². The minimum Gasteiger partial charge on any atom is -0.495 e. The number of carbonyl (C=O) groups excluding carboxylic acids is 1. The molecule has 2 N–H and O–H groups in total. The molecule has 6 rings (SSSR count). The number of likely N-dealkylation sites (tertiary alicyclic amines) is 1. The number of aromatic nitrogens is 5. The zero-order valence-corrected chi connectivity index (χ0v) is 22.9. The fourth-order valence-corrected chi connectivity index (χ4v) is 5.39. The maximum atomic E-state index is 12.9. The second kappa shape index (κ2) is 11.0. The maximum Gasteiger partial charge on any atom is 0.251 e. The molecule has 0 aliphatic carbocycles. The van der Waals surface area contributed by atoms with E-state index in [2.05, 4.69) is 49.6 Å². The summed E-state index contributed by atoms with van der Waals surface area (Å²) in [5.74, 6) is 3.21. The Hall–Kier alpha value is -4.45. The zero-order chi connectivity index (χ0) is 27.6. The highest BCUT2D eigenvalue weighted by molar-refractivity contribution is 5.95. The molecule has 5 heterocycles. The lowest BCUT2D eigenvalue weighted by molar-refractivity contribution is 0.0916. The summed E-state index contributed by atoms with van der Waals surface area (Å²) in [4.78, 5) is 26.9. The predicted octanol–water partition coefficient (Wildman–Crippen LogP) is 3.70. The fourth-order valence-electron chi connectivity index (χ4n) is 5.39. The molecule has 12 heteroatoms. The average Bonchev–Trinajstić information content (AvgIpc) is 3.67. The van der Waals surface area contributed by atoms with E-state index in [4.69, 9.17) is 14.1 Å². The lowest BCUT2D eigenvalue weighted by Gasteiger charge is -2.36. The highest BCUT2D eigenvalue weighted by atomic mass is 16.5. The number of furan rings is 1. The van der Waals surface area contributed by atoms with Crippen LogP contribution in [0.15, 0.2) is 53.5 Å². The number of methoxy groups -OCH3 is 1. The van der Waals surface area contributed by atoms with Crippen molar-refractivity contribution in [2.45, 2.75) is 44.8 Å². The highest BCUT2D eigenvalue weighted by Crippen LogP contribution is 2.39. The molecule has 40 heavy (non-hydrogen) atoms. The fraction of sp³-hybridized carbons (Fsp3) is 0.393. The first kappa shape index (κ1) is 25.8. The Bertz CT molecular complexity index is 1480. The second-order valence-corrected chi connectivity index (χ2v) is 10.2. The molecule has 1 amide bonds. The average molecular weight is 544 g/mol. The van der Waals surface area contributed by atoms with Gasteiger partial charge < -0.3 is 29.6 Å². The van der Waals surface area contributed by atoms with Crippen LogP contribution in [0.25, 0.3) is 5.69 Å². The summed E-state index contributed by atoms with van der Waals surface area (Å²) in [6.45, 7) is 4.59. The number of ether oxygens (including phenoxy) is 1. The summed E-state index contributed by atoms with van der Waals surface area (Å²) in [5, 5.41) is 15.0. The maximum absolute atomic E-state index is 12.9. The molecule has 2 aliphatic rings. The molecule has 3 aromatic heterocycles. The first-order valence-corrected chi connectivity index (χ1v) is 13.5. The summed E-state index contributed by atoms with van der Waals surface area (Å²) in [6.07, 6.45) is 7.81. The van der Waals surface area contributed by atoms with Crippen LogP contribution in [-0.2, 0) is 6.54 Å². The second-order valence-electron chi connectivity index (χ2n) is 10.2. The molecule has 0 saturated carbocycles. The van der Waals surface area contributed by atoms with Crippen molar-refractivity contribution in [2.75, 3.05) is 37.5 Å². The number of benzene rings is 1. The van der Waals surface area contributed by atoms with Crippen molar-refractivity contribution in [3.8, 4) is 11.4 Å². The zero-order valence-electron chi connectivity index (χ0n) is 22.9. The van der Waals surface area contributed by atoms with Crippen molar-refractivity contribution in [3.63, 3.8) is 0 Å². The molecule has 1 saturated heterocycles. The van der Waals surface area contributed by atoms with Crippen molar-refractivity contribution >= 4 is 23.4 Å². The SMILES string of the molecule is CC[C@@H]1c2nncn2-c2cnc(Nc3ccc(C(=O)NC4CCN(C)CC4)cc3OC)nc2N1Cc1ccco1. The van der Waals surface area contributed by atoms with Gasteiger partial charge in [0.2, 0.25) is 5.95 Å². The lowest BCUT2D eigenvalue weighted by Crippen LogP contribution is -2.43. The van der Waals surface area contributed by atoms with Crippen molar-refractivity contribution in [3.05, 3.63) is 66.3 Å². The summed E-state index contributed by atoms with van der Waals surface area (Å²) in [5.41, 5.74) is 1.99. The number of hydrogen-bond donors (Lipinski definition) is 2. The van der Waals surface area contributed by atoms with Crippen LogP contribution in [0.2, 0.25) is 0 Å². The van der Waals surface area contributed by atoms with Gasteiger partial charge in [-0.1, -0.05) is 6.92 Å². The van der Waals surface area contributed by atoms with E-state index in [0.29, 0.717) is 29.5 Å². The van der Waals surface area contributed by atoms with Gasteiger partial charge in [0.25, 0.3) is 5.91 Å². The minimum absolute atomic E-state index is 0.0419. The molecule has 0 unspecified atom stereocenters. The molecule has 208 valence electrons. The lowest BCUT2D eigenvalue weighted by atomic mass is 10.0. The Morgan fingerprint density at radius 3 is 2.83 bits per heavy atom. The minimum atomic E-state index is -0.103. The molecule has 0 spiro atoms. The van der Waals surface area contributed by atoms with E-state index in [1.165, 1.54) is 0 Å². The molecule has 1 aromatic carbocycles. The number of rotatable bonds is 8. The smallest absolute Gasteiger partial charge is 0.251 e. The van der Waals surface area contributed by atoms with Gasteiger partial charge in [-0.25, -0.2) is 4.98 Å².